The summed E-state index contributed by atoms with van der Waals surface area (Å²) in [4.78, 5) is 13.7. The summed E-state index contributed by atoms with van der Waals surface area (Å²) in [6, 6.07) is 8.50. The second-order valence-electron chi connectivity index (χ2n) is 6.02. The third-order valence-electron chi connectivity index (χ3n) is 4.23. The molecule has 1 aromatic heterocycles. The summed E-state index contributed by atoms with van der Waals surface area (Å²) in [7, 11) is 0. The lowest BCUT2D eigenvalue weighted by molar-refractivity contribution is -0.384. The van der Waals surface area contributed by atoms with Crippen molar-refractivity contribution in [2.75, 3.05) is 5.73 Å². The number of rotatable bonds is 7. The number of nitrogen functional groups attached to an aromatic ring is 1. The van der Waals surface area contributed by atoms with E-state index in [1.807, 2.05) is 0 Å². The van der Waals surface area contributed by atoms with Gasteiger partial charge in [0.05, 0.1) is 4.92 Å². The predicted molar refractivity (Wildman–Crippen MR) is 96.8 cm³/mol. The lowest BCUT2D eigenvalue weighted by Gasteiger charge is -2.14. The highest BCUT2D eigenvalue weighted by Gasteiger charge is 2.22. The molecule has 0 atom stereocenters. The van der Waals surface area contributed by atoms with Gasteiger partial charge in [0.1, 0.15) is 17.3 Å². The van der Waals surface area contributed by atoms with E-state index in [4.69, 9.17) is 5.73 Å². The lowest BCUT2D eigenvalue weighted by Crippen LogP contribution is -2.22. The van der Waals surface area contributed by atoms with E-state index in [0.717, 1.165) is 54.5 Å². The van der Waals surface area contributed by atoms with Crippen molar-refractivity contribution in [2.24, 2.45) is 0 Å². The SMILES string of the molecule is CCCCc1[nH+]c(N)c(C#N)c(-c2ccc([N+](=O)[O-])cc2)c1CCC. The average Bonchev–Trinajstić information content (AvgIpc) is 2.61. The number of non-ortho nitro benzene ring substituents is 1. The molecule has 0 radical (unpaired) electrons. The van der Waals surface area contributed by atoms with Crippen LogP contribution in [-0.4, -0.2) is 4.92 Å². The minimum absolute atomic E-state index is 0.0287. The van der Waals surface area contributed by atoms with Crippen molar-refractivity contribution in [1.82, 2.24) is 0 Å². The first-order valence-electron chi connectivity index (χ1n) is 8.54. The van der Waals surface area contributed by atoms with E-state index in [-0.39, 0.29) is 5.69 Å². The summed E-state index contributed by atoms with van der Waals surface area (Å²) in [5.41, 5.74) is 10.2. The third-order valence-corrected chi connectivity index (χ3v) is 4.23. The zero-order valence-electron chi connectivity index (χ0n) is 14.6. The van der Waals surface area contributed by atoms with Gasteiger partial charge in [0.2, 0.25) is 0 Å². The van der Waals surface area contributed by atoms with Crippen LogP contribution in [0.1, 0.15) is 49.9 Å². The van der Waals surface area contributed by atoms with Crippen molar-refractivity contribution >= 4 is 11.5 Å². The first-order chi connectivity index (χ1) is 12.0. The molecule has 0 saturated heterocycles. The molecule has 2 aromatic rings. The number of hydrogen-bond donors (Lipinski definition) is 1. The molecule has 0 fully saturated rings. The van der Waals surface area contributed by atoms with Crippen LogP contribution in [0.25, 0.3) is 11.1 Å². The zero-order valence-corrected chi connectivity index (χ0v) is 14.6. The van der Waals surface area contributed by atoms with Crippen LogP contribution in [0.5, 0.6) is 0 Å². The zero-order chi connectivity index (χ0) is 18.4. The Labute approximate surface area is 147 Å². The van der Waals surface area contributed by atoms with Gasteiger partial charge >= 0.3 is 0 Å². The van der Waals surface area contributed by atoms with Crippen LogP contribution >= 0.6 is 0 Å². The number of nitrogens with one attached hydrogen (secondary N) is 1. The smallest absolute Gasteiger partial charge is 0.286 e. The van der Waals surface area contributed by atoms with E-state index >= 15 is 0 Å². The lowest BCUT2D eigenvalue weighted by atomic mass is 9.90. The minimum Gasteiger partial charge on any atom is -0.286 e. The molecular weight excluding hydrogens is 316 g/mol. The number of unbranched alkanes of at least 4 members (excludes halogenated alkanes) is 1. The van der Waals surface area contributed by atoms with Gasteiger partial charge in [-0.05, 0) is 30.5 Å². The summed E-state index contributed by atoms with van der Waals surface area (Å²) in [5, 5.41) is 20.5. The Morgan fingerprint density at radius 2 is 1.88 bits per heavy atom. The number of H-pyrrole nitrogens is 1. The summed E-state index contributed by atoms with van der Waals surface area (Å²) >= 11 is 0. The van der Waals surface area contributed by atoms with Crippen molar-refractivity contribution in [1.29, 1.82) is 5.26 Å². The molecule has 0 aliphatic carbocycles. The molecule has 0 bridgehead atoms. The quantitative estimate of drug-likeness (QED) is 0.611. The van der Waals surface area contributed by atoms with Crippen LogP contribution in [0.4, 0.5) is 11.5 Å². The Morgan fingerprint density at radius 1 is 1.20 bits per heavy atom. The van der Waals surface area contributed by atoms with E-state index in [9.17, 15) is 15.4 Å². The van der Waals surface area contributed by atoms with Crippen molar-refractivity contribution in [3.8, 4) is 17.2 Å². The number of nitrogens with two attached hydrogens (primary N) is 1. The molecule has 6 nitrogen and oxygen atoms in total. The number of pyridine rings is 1. The maximum Gasteiger partial charge on any atom is 0.289 e. The van der Waals surface area contributed by atoms with Crippen LogP contribution in [-0.2, 0) is 12.8 Å². The van der Waals surface area contributed by atoms with Gasteiger partial charge in [-0.1, -0.05) is 26.7 Å². The molecule has 6 heteroatoms. The van der Waals surface area contributed by atoms with Crippen molar-refractivity contribution in [2.45, 2.75) is 46.0 Å². The van der Waals surface area contributed by atoms with Gasteiger partial charge in [0, 0.05) is 29.7 Å². The Bertz CT molecular complexity index is 808. The van der Waals surface area contributed by atoms with Gasteiger partial charge < -0.3 is 0 Å². The summed E-state index contributed by atoms with van der Waals surface area (Å²) in [6.07, 6.45) is 4.70. The van der Waals surface area contributed by atoms with Gasteiger partial charge in [-0.25, -0.2) is 4.98 Å². The third kappa shape index (κ3) is 3.94. The first-order valence-corrected chi connectivity index (χ1v) is 8.54. The number of aromatic nitrogens is 1. The molecule has 130 valence electrons. The molecule has 1 aromatic carbocycles. The number of hydrogen-bond acceptors (Lipinski definition) is 4. The molecular formula is C19H23N4O2+. The van der Waals surface area contributed by atoms with E-state index in [1.165, 1.54) is 12.1 Å². The van der Waals surface area contributed by atoms with Crippen molar-refractivity contribution in [3.05, 3.63) is 51.2 Å². The minimum atomic E-state index is -0.429. The van der Waals surface area contributed by atoms with Crippen LogP contribution in [0, 0.1) is 21.4 Å². The fourth-order valence-corrected chi connectivity index (χ4v) is 3.01. The first kappa shape index (κ1) is 18.4. The summed E-state index contributed by atoms with van der Waals surface area (Å²) in [6.45, 7) is 4.22. The monoisotopic (exact) mass is 339 g/mol. The second-order valence-corrected chi connectivity index (χ2v) is 6.02. The number of nitriles is 1. The van der Waals surface area contributed by atoms with Gasteiger partial charge in [0.15, 0.2) is 0 Å². The Balaban J connectivity index is 2.69. The normalized spacial score (nSPS) is 10.4. The number of nitrogens with zero attached hydrogens (tertiary/aromatic N) is 2. The van der Waals surface area contributed by atoms with Crippen molar-refractivity contribution < 1.29 is 9.91 Å². The average molecular weight is 339 g/mol. The Morgan fingerprint density at radius 3 is 2.40 bits per heavy atom. The fourth-order valence-electron chi connectivity index (χ4n) is 3.01. The van der Waals surface area contributed by atoms with E-state index in [0.29, 0.717) is 11.4 Å². The largest absolute Gasteiger partial charge is 0.289 e. The van der Waals surface area contributed by atoms with Crippen molar-refractivity contribution in [3.63, 3.8) is 0 Å². The van der Waals surface area contributed by atoms with Gasteiger partial charge in [-0.2, -0.15) is 5.26 Å². The molecule has 0 saturated carbocycles. The summed E-state index contributed by atoms with van der Waals surface area (Å²) < 4.78 is 0. The predicted octanol–water partition coefficient (Wildman–Crippen LogP) is 3.82. The topological polar surface area (TPSA) is 107 Å². The fraction of sp³-hybridized carbons (Fsp3) is 0.368. The number of benzene rings is 1. The van der Waals surface area contributed by atoms with Gasteiger partial charge in [-0.15, -0.1) is 0 Å². The molecule has 0 aliphatic rings. The van der Waals surface area contributed by atoms with Gasteiger partial charge in [0.25, 0.3) is 11.5 Å². The molecule has 0 spiro atoms. The maximum atomic E-state index is 10.9. The molecule has 25 heavy (non-hydrogen) atoms. The molecule has 2 rings (SSSR count). The van der Waals surface area contributed by atoms with Crippen LogP contribution in [0.3, 0.4) is 0 Å². The van der Waals surface area contributed by atoms with Crippen LogP contribution in [0.15, 0.2) is 24.3 Å². The standard InChI is InChI=1S/C19H22N4O2/c1-3-5-7-17-15(6-4-2)18(16(12-20)19(21)22-17)13-8-10-14(11-9-13)23(24)25/h8-11H,3-7H2,1-2H3,(H2,21,22)/p+1. The molecule has 3 N–H and O–H groups in total. The summed E-state index contributed by atoms with van der Waals surface area (Å²) in [5.74, 6) is 0.349. The molecule has 1 heterocycles. The molecule has 0 aliphatic heterocycles. The van der Waals surface area contributed by atoms with E-state index in [2.05, 4.69) is 24.9 Å². The second kappa shape index (κ2) is 8.25. The molecule has 0 unspecified atom stereocenters. The van der Waals surface area contributed by atoms with E-state index < -0.39 is 4.92 Å². The number of nitro benzene ring substituents is 1. The highest BCUT2D eigenvalue weighted by atomic mass is 16.6. The Hall–Kier alpha value is -2.94. The van der Waals surface area contributed by atoms with E-state index in [1.54, 1.807) is 12.1 Å². The van der Waals surface area contributed by atoms with Crippen LogP contribution < -0.4 is 10.7 Å². The Kier molecular flexibility index (Phi) is 6.07. The molecule has 0 amide bonds. The highest BCUT2D eigenvalue weighted by Crippen LogP contribution is 2.33. The van der Waals surface area contributed by atoms with Crippen LogP contribution in [0.2, 0.25) is 0 Å². The maximum absolute atomic E-state index is 10.9. The van der Waals surface area contributed by atoms with Gasteiger partial charge in [-0.3, -0.25) is 15.8 Å². The number of anilines is 1. The number of aryl methyl sites for hydroxylation is 1. The number of aromatic amines is 1. The number of nitro groups is 1. The highest BCUT2D eigenvalue weighted by molar-refractivity contribution is 5.78.